The third-order valence-electron chi connectivity index (χ3n) is 4.23. The molecule has 2 N–H and O–H groups in total. The number of aryl methyl sites for hydroxylation is 1. The summed E-state index contributed by atoms with van der Waals surface area (Å²) in [4.78, 5) is 35.0. The van der Waals surface area contributed by atoms with E-state index in [9.17, 15) is 19.5 Å². The normalized spacial score (nSPS) is 10.6. The number of carbonyl (C=O) groups excluding carboxylic acids is 2. The number of benzene rings is 2. The van der Waals surface area contributed by atoms with Crippen molar-refractivity contribution in [3.8, 4) is 5.75 Å². The molecule has 0 radical (unpaired) electrons. The first-order chi connectivity index (χ1) is 13.3. The van der Waals surface area contributed by atoms with Gasteiger partial charge in [-0.25, -0.2) is 4.79 Å². The Morgan fingerprint density at radius 2 is 1.86 bits per heavy atom. The maximum absolute atomic E-state index is 12.2. The predicted octanol–water partition coefficient (Wildman–Crippen LogP) is 3.05. The predicted molar refractivity (Wildman–Crippen MR) is 103 cm³/mol. The van der Waals surface area contributed by atoms with Gasteiger partial charge in [0.2, 0.25) is 5.91 Å². The lowest BCUT2D eigenvalue weighted by Gasteiger charge is -2.09. The number of amides is 1. The van der Waals surface area contributed by atoms with Crippen molar-refractivity contribution < 1.29 is 23.8 Å². The molecule has 0 bridgehead atoms. The Labute approximate surface area is 160 Å². The molecule has 0 atom stereocenters. The molecule has 144 valence electrons. The summed E-state index contributed by atoms with van der Waals surface area (Å²) in [7, 11) is 0. The van der Waals surface area contributed by atoms with Crippen LogP contribution in [0.3, 0.4) is 0 Å². The van der Waals surface area contributed by atoms with Crippen LogP contribution in [-0.4, -0.2) is 17.0 Å². The van der Waals surface area contributed by atoms with Crippen molar-refractivity contribution >= 4 is 28.5 Å². The summed E-state index contributed by atoms with van der Waals surface area (Å²) in [6.07, 6.45) is 0.0551. The second-order valence-corrected chi connectivity index (χ2v) is 6.39. The summed E-state index contributed by atoms with van der Waals surface area (Å²) >= 11 is 0. The van der Waals surface area contributed by atoms with E-state index in [0.717, 1.165) is 5.56 Å². The van der Waals surface area contributed by atoms with Crippen LogP contribution in [0.15, 0.2) is 51.7 Å². The van der Waals surface area contributed by atoms with Crippen molar-refractivity contribution in [1.82, 2.24) is 0 Å². The fraction of sp³-hybridized carbons (Fsp3) is 0.190. The van der Waals surface area contributed by atoms with E-state index in [-0.39, 0.29) is 30.3 Å². The Balaban J connectivity index is 1.70. The van der Waals surface area contributed by atoms with E-state index in [4.69, 9.17) is 9.15 Å². The molecule has 2 aromatic carbocycles. The summed E-state index contributed by atoms with van der Waals surface area (Å²) in [6.45, 7) is 2.97. The van der Waals surface area contributed by atoms with Crippen LogP contribution in [-0.2, 0) is 27.4 Å². The SMILES string of the molecule is CC(=O)Nc1ccc(CC(=O)OCc2cc(=O)oc3c(C)c(O)ccc23)cc1. The Morgan fingerprint density at radius 3 is 2.54 bits per heavy atom. The van der Waals surface area contributed by atoms with Crippen molar-refractivity contribution in [2.45, 2.75) is 26.9 Å². The van der Waals surface area contributed by atoms with Crippen molar-refractivity contribution in [2.75, 3.05) is 5.32 Å². The molecule has 3 aromatic rings. The smallest absolute Gasteiger partial charge is 0.336 e. The summed E-state index contributed by atoms with van der Waals surface area (Å²) in [6, 6.07) is 11.2. The minimum atomic E-state index is -0.583. The zero-order valence-corrected chi connectivity index (χ0v) is 15.4. The van der Waals surface area contributed by atoms with Gasteiger partial charge in [-0.2, -0.15) is 0 Å². The van der Waals surface area contributed by atoms with Gasteiger partial charge in [0.05, 0.1) is 6.42 Å². The third-order valence-corrected chi connectivity index (χ3v) is 4.23. The summed E-state index contributed by atoms with van der Waals surface area (Å²) in [5.74, 6) is -0.605. The molecule has 0 aliphatic carbocycles. The average Bonchev–Trinajstić information content (AvgIpc) is 2.64. The highest BCUT2D eigenvalue weighted by molar-refractivity contribution is 5.88. The number of anilines is 1. The zero-order valence-electron chi connectivity index (χ0n) is 15.4. The lowest BCUT2D eigenvalue weighted by Crippen LogP contribution is -2.10. The quantitative estimate of drug-likeness (QED) is 0.520. The zero-order chi connectivity index (χ0) is 20.3. The Kier molecular flexibility index (Phi) is 5.44. The van der Waals surface area contributed by atoms with E-state index in [1.165, 1.54) is 19.1 Å². The first-order valence-electron chi connectivity index (χ1n) is 8.61. The van der Waals surface area contributed by atoms with E-state index < -0.39 is 11.6 Å². The molecule has 28 heavy (non-hydrogen) atoms. The van der Waals surface area contributed by atoms with Gasteiger partial charge in [-0.3, -0.25) is 9.59 Å². The largest absolute Gasteiger partial charge is 0.508 e. The molecule has 0 spiro atoms. The lowest BCUT2D eigenvalue weighted by molar-refractivity contribution is -0.144. The molecule has 0 aliphatic rings. The van der Waals surface area contributed by atoms with Crippen LogP contribution in [0.25, 0.3) is 11.0 Å². The van der Waals surface area contributed by atoms with Gasteiger partial charge in [-0.15, -0.1) is 0 Å². The molecule has 7 heteroatoms. The Morgan fingerprint density at radius 1 is 1.14 bits per heavy atom. The van der Waals surface area contributed by atoms with Gasteiger partial charge < -0.3 is 19.6 Å². The highest BCUT2D eigenvalue weighted by Gasteiger charge is 2.13. The van der Waals surface area contributed by atoms with Crippen LogP contribution >= 0.6 is 0 Å². The number of ether oxygens (including phenoxy) is 1. The number of esters is 1. The third kappa shape index (κ3) is 4.37. The number of hydrogen-bond donors (Lipinski definition) is 2. The van der Waals surface area contributed by atoms with Gasteiger partial charge in [0, 0.05) is 35.2 Å². The summed E-state index contributed by atoms with van der Waals surface area (Å²) < 4.78 is 10.5. The van der Waals surface area contributed by atoms with E-state index in [1.807, 2.05) is 0 Å². The van der Waals surface area contributed by atoms with Gasteiger partial charge >= 0.3 is 11.6 Å². The van der Waals surface area contributed by atoms with Crippen molar-refractivity contribution in [3.63, 3.8) is 0 Å². The van der Waals surface area contributed by atoms with Crippen LogP contribution in [0.4, 0.5) is 5.69 Å². The number of nitrogens with one attached hydrogen (secondary N) is 1. The number of phenolic OH excluding ortho intramolecular Hbond substituents is 1. The van der Waals surface area contributed by atoms with Crippen LogP contribution in [0.2, 0.25) is 0 Å². The lowest BCUT2D eigenvalue weighted by atomic mass is 10.1. The van der Waals surface area contributed by atoms with Crippen LogP contribution in [0.1, 0.15) is 23.6 Å². The molecule has 1 aromatic heterocycles. The monoisotopic (exact) mass is 381 g/mol. The molecular formula is C21H19NO6. The van der Waals surface area contributed by atoms with E-state index in [0.29, 0.717) is 22.2 Å². The highest BCUT2D eigenvalue weighted by Crippen LogP contribution is 2.27. The van der Waals surface area contributed by atoms with Gasteiger partial charge in [-0.1, -0.05) is 12.1 Å². The van der Waals surface area contributed by atoms with Gasteiger partial charge in [-0.05, 0) is 36.8 Å². The topological polar surface area (TPSA) is 106 Å². The summed E-state index contributed by atoms with van der Waals surface area (Å²) in [5.41, 5.74) is 2.02. The maximum atomic E-state index is 12.2. The molecule has 0 saturated heterocycles. The summed E-state index contributed by atoms with van der Waals surface area (Å²) in [5, 5.41) is 13.0. The second kappa shape index (κ2) is 7.96. The fourth-order valence-electron chi connectivity index (χ4n) is 2.82. The highest BCUT2D eigenvalue weighted by atomic mass is 16.5. The minimum absolute atomic E-state index is 0.0208. The van der Waals surface area contributed by atoms with Crippen LogP contribution < -0.4 is 10.9 Å². The van der Waals surface area contributed by atoms with Gasteiger partial charge in [0.1, 0.15) is 17.9 Å². The fourth-order valence-corrected chi connectivity index (χ4v) is 2.82. The average molecular weight is 381 g/mol. The van der Waals surface area contributed by atoms with Crippen LogP contribution in [0.5, 0.6) is 5.75 Å². The molecule has 7 nitrogen and oxygen atoms in total. The van der Waals surface area contributed by atoms with E-state index in [2.05, 4.69) is 5.32 Å². The molecule has 0 aliphatic heterocycles. The molecule has 3 rings (SSSR count). The number of aromatic hydroxyl groups is 1. The van der Waals surface area contributed by atoms with Gasteiger partial charge in [0.25, 0.3) is 0 Å². The first kappa shape index (κ1) is 19.2. The first-order valence-corrected chi connectivity index (χ1v) is 8.61. The maximum Gasteiger partial charge on any atom is 0.336 e. The van der Waals surface area contributed by atoms with E-state index >= 15 is 0 Å². The standard InChI is InChI=1S/C21H19NO6/c1-12-18(24)8-7-17-15(10-20(26)28-21(12)17)11-27-19(25)9-14-3-5-16(6-4-14)22-13(2)23/h3-8,10,24H,9,11H2,1-2H3,(H,22,23). The molecule has 0 unspecified atom stereocenters. The van der Waals surface area contributed by atoms with Crippen molar-refractivity contribution in [2.24, 2.45) is 0 Å². The number of phenols is 1. The second-order valence-electron chi connectivity index (χ2n) is 6.39. The Hall–Kier alpha value is -3.61. The number of carbonyl (C=O) groups is 2. The molecular weight excluding hydrogens is 362 g/mol. The minimum Gasteiger partial charge on any atom is -0.508 e. The molecule has 1 amide bonds. The van der Waals surface area contributed by atoms with Crippen LogP contribution in [0, 0.1) is 6.92 Å². The van der Waals surface area contributed by atoms with Gasteiger partial charge in [0.15, 0.2) is 0 Å². The molecule has 1 heterocycles. The Bertz CT molecular complexity index is 1100. The number of fused-ring (bicyclic) bond motifs is 1. The number of rotatable bonds is 5. The molecule has 0 saturated carbocycles. The van der Waals surface area contributed by atoms with E-state index in [1.54, 1.807) is 37.3 Å². The number of hydrogen-bond acceptors (Lipinski definition) is 6. The van der Waals surface area contributed by atoms with Crippen molar-refractivity contribution in [1.29, 1.82) is 0 Å². The van der Waals surface area contributed by atoms with Crippen molar-refractivity contribution in [3.05, 3.63) is 69.6 Å². The molecule has 0 fully saturated rings.